The number of benzene rings is 4. The molecule has 0 aliphatic rings. The molecule has 0 heterocycles. The zero-order valence-electron chi connectivity index (χ0n) is 19.1. The van der Waals surface area contributed by atoms with Gasteiger partial charge in [0.25, 0.3) is 5.91 Å². The Hall–Kier alpha value is -4.34. The maximum Gasteiger partial charge on any atom is 0.256 e. The van der Waals surface area contributed by atoms with Crippen LogP contribution in [-0.4, -0.2) is 18.9 Å². The van der Waals surface area contributed by atoms with E-state index in [2.05, 4.69) is 11.4 Å². The number of para-hydroxylation sites is 1. The van der Waals surface area contributed by atoms with E-state index < -0.39 is 0 Å². The number of hydrogen-bond donors (Lipinski definition) is 1. The Kier molecular flexibility index (Phi) is 7.61. The number of likely N-dealkylation sites (N-methyl/N-ethyl adjacent to an activating group) is 1. The molecule has 2 amide bonds. The van der Waals surface area contributed by atoms with Crippen molar-refractivity contribution in [3.05, 3.63) is 120 Å². The summed E-state index contributed by atoms with van der Waals surface area (Å²) in [4.78, 5) is 28.9. The maximum absolute atomic E-state index is 13.0. The largest absolute Gasteiger partial charge is 0.322 e. The number of nitrogens with zero attached hydrogens (tertiary/aromatic N) is 2. The summed E-state index contributed by atoms with van der Waals surface area (Å²) in [6.07, 6.45) is 0.261. The number of rotatable bonds is 7. The number of nitrogens with one attached hydrogen (secondary N) is 1. The fourth-order valence-electron chi connectivity index (χ4n) is 3.50. The number of anilines is 2. The number of carbonyl (C=O) groups is 2. The highest BCUT2D eigenvalue weighted by atomic mass is 32.2. The van der Waals surface area contributed by atoms with Gasteiger partial charge in [-0.25, -0.2) is 0 Å². The second-order valence-corrected chi connectivity index (χ2v) is 8.91. The van der Waals surface area contributed by atoms with Crippen molar-refractivity contribution in [3.63, 3.8) is 0 Å². The van der Waals surface area contributed by atoms with Crippen LogP contribution in [0.3, 0.4) is 0 Å². The molecular formula is C29H23N3O2S. The summed E-state index contributed by atoms with van der Waals surface area (Å²) in [5.41, 5.74) is 3.43. The number of amides is 2. The van der Waals surface area contributed by atoms with Crippen molar-refractivity contribution in [2.45, 2.75) is 16.2 Å². The summed E-state index contributed by atoms with van der Waals surface area (Å²) < 4.78 is 0. The van der Waals surface area contributed by atoms with Gasteiger partial charge in [0.1, 0.15) is 6.07 Å². The average molecular weight is 478 g/mol. The van der Waals surface area contributed by atoms with Crippen LogP contribution in [0.5, 0.6) is 0 Å². The first-order chi connectivity index (χ1) is 17.0. The van der Waals surface area contributed by atoms with Crippen molar-refractivity contribution < 1.29 is 9.59 Å². The normalized spacial score (nSPS) is 10.3. The first kappa shape index (κ1) is 23.8. The van der Waals surface area contributed by atoms with Crippen LogP contribution in [0, 0.1) is 11.3 Å². The first-order valence-electron chi connectivity index (χ1n) is 11.0. The average Bonchev–Trinajstić information content (AvgIpc) is 2.90. The molecule has 5 nitrogen and oxygen atoms in total. The zero-order chi connectivity index (χ0) is 24.6. The van der Waals surface area contributed by atoms with E-state index in [-0.39, 0.29) is 18.2 Å². The predicted octanol–water partition coefficient (Wildman–Crippen LogP) is 6.17. The summed E-state index contributed by atoms with van der Waals surface area (Å²) in [7, 11) is 1.76. The number of carbonyl (C=O) groups excluding carboxylic acids is 2. The van der Waals surface area contributed by atoms with Crippen molar-refractivity contribution >= 4 is 35.0 Å². The number of hydrogen-bond acceptors (Lipinski definition) is 4. The van der Waals surface area contributed by atoms with Gasteiger partial charge in [-0.05, 0) is 54.1 Å². The van der Waals surface area contributed by atoms with Crippen molar-refractivity contribution in [1.29, 1.82) is 5.26 Å². The van der Waals surface area contributed by atoms with Crippen LogP contribution in [0.4, 0.5) is 11.4 Å². The molecular weight excluding hydrogens is 454 g/mol. The van der Waals surface area contributed by atoms with Gasteiger partial charge in [-0.1, -0.05) is 66.4 Å². The minimum absolute atomic E-state index is 0.0170. The van der Waals surface area contributed by atoms with Crippen molar-refractivity contribution in [3.8, 4) is 6.07 Å². The predicted molar refractivity (Wildman–Crippen MR) is 140 cm³/mol. The lowest BCUT2D eigenvalue weighted by molar-refractivity contribution is -0.117. The summed E-state index contributed by atoms with van der Waals surface area (Å²) in [5.74, 6) is -0.258. The van der Waals surface area contributed by atoms with Gasteiger partial charge in [0.15, 0.2) is 0 Å². The smallest absolute Gasteiger partial charge is 0.256 e. The van der Waals surface area contributed by atoms with Gasteiger partial charge in [0.2, 0.25) is 5.91 Å². The van der Waals surface area contributed by atoms with Crippen LogP contribution >= 0.6 is 11.8 Å². The molecule has 0 atom stereocenters. The maximum atomic E-state index is 13.0. The van der Waals surface area contributed by atoms with Crippen LogP contribution in [0.2, 0.25) is 0 Å². The monoisotopic (exact) mass is 477 g/mol. The molecule has 0 bridgehead atoms. The minimum atomic E-state index is -0.241. The molecule has 0 aliphatic carbocycles. The van der Waals surface area contributed by atoms with Gasteiger partial charge >= 0.3 is 0 Å². The van der Waals surface area contributed by atoms with E-state index in [0.717, 1.165) is 21.0 Å². The zero-order valence-corrected chi connectivity index (χ0v) is 20.0. The molecule has 1 N–H and O–H groups in total. The molecule has 4 rings (SSSR count). The van der Waals surface area contributed by atoms with E-state index in [1.807, 2.05) is 78.9 Å². The third-order valence-corrected chi connectivity index (χ3v) is 6.60. The van der Waals surface area contributed by atoms with E-state index in [1.165, 1.54) is 11.8 Å². The van der Waals surface area contributed by atoms with Crippen molar-refractivity contribution in [1.82, 2.24) is 0 Å². The fourth-order valence-corrected chi connectivity index (χ4v) is 4.53. The number of nitriles is 1. The van der Waals surface area contributed by atoms with E-state index in [1.54, 1.807) is 36.2 Å². The van der Waals surface area contributed by atoms with Crippen LogP contribution in [-0.2, 0) is 11.2 Å². The standard InChI is InChI=1S/C29H23N3O2S/c1-32(24-10-3-2-4-11-24)28(33)19-21-15-17-23(18-16-21)31-29(34)25-12-6-8-14-27(25)35-26-13-7-5-9-22(26)20-30/h2-18H,19H2,1H3,(H,31,34). The van der Waals surface area contributed by atoms with Gasteiger partial charge in [0.05, 0.1) is 17.5 Å². The molecule has 0 aliphatic heterocycles. The first-order valence-corrected chi connectivity index (χ1v) is 11.8. The Morgan fingerprint density at radius 3 is 2.17 bits per heavy atom. The Labute approximate surface area is 209 Å². The SMILES string of the molecule is CN(C(=O)Cc1ccc(NC(=O)c2ccccc2Sc2ccccc2C#N)cc1)c1ccccc1. The van der Waals surface area contributed by atoms with Crippen LogP contribution in [0.1, 0.15) is 21.5 Å². The highest BCUT2D eigenvalue weighted by Crippen LogP contribution is 2.33. The molecule has 0 saturated carbocycles. The lowest BCUT2D eigenvalue weighted by Gasteiger charge is -2.17. The molecule has 6 heteroatoms. The minimum Gasteiger partial charge on any atom is -0.322 e. The molecule has 4 aromatic carbocycles. The quantitative estimate of drug-likeness (QED) is 0.346. The topological polar surface area (TPSA) is 73.2 Å². The van der Waals surface area contributed by atoms with E-state index in [4.69, 9.17) is 0 Å². The highest BCUT2D eigenvalue weighted by Gasteiger charge is 2.15. The van der Waals surface area contributed by atoms with E-state index in [0.29, 0.717) is 16.8 Å². The van der Waals surface area contributed by atoms with Crippen LogP contribution < -0.4 is 10.2 Å². The lowest BCUT2D eigenvalue weighted by Crippen LogP contribution is -2.27. The summed E-state index contributed by atoms with van der Waals surface area (Å²) in [6, 6.07) is 33.6. The van der Waals surface area contributed by atoms with Gasteiger partial charge in [-0.15, -0.1) is 0 Å². The lowest BCUT2D eigenvalue weighted by atomic mass is 10.1. The molecule has 0 saturated heterocycles. The summed E-state index contributed by atoms with van der Waals surface area (Å²) in [5, 5.41) is 12.3. The van der Waals surface area contributed by atoms with Crippen molar-refractivity contribution in [2.24, 2.45) is 0 Å². The van der Waals surface area contributed by atoms with Crippen LogP contribution in [0.15, 0.2) is 113 Å². The second-order valence-electron chi connectivity index (χ2n) is 7.82. The van der Waals surface area contributed by atoms with Gasteiger partial charge in [-0.3, -0.25) is 9.59 Å². The molecule has 172 valence electrons. The van der Waals surface area contributed by atoms with Gasteiger partial charge in [0, 0.05) is 28.2 Å². The molecule has 0 fully saturated rings. The molecule has 0 aromatic heterocycles. The highest BCUT2D eigenvalue weighted by molar-refractivity contribution is 7.99. The molecule has 0 radical (unpaired) electrons. The Bertz CT molecular complexity index is 1380. The Morgan fingerprint density at radius 1 is 0.829 bits per heavy atom. The Morgan fingerprint density at radius 2 is 1.46 bits per heavy atom. The molecule has 4 aromatic rings. The van der Waals surface area contributed by atoms with E-state index >= 15 is 0 Å². The van der Waals surface area contributed by atoms with E-state index in [9.17, 15) is 14.9 Å². The molecule has 0 spiro atoms. The third kappa shape index (κ3) is 5.97. The molecule has 0 unspecified atom stereocenters. The fraction of sp³-hybridized carbons (Fsp3) is 0.0690. The van der Waals surface area contributed by atoms with Crippen molar-refractivity contribution in [2.75, 3.05) is 17.3 Å². The molecule has 35 heavy (non-hydrogen) atoms. The third-order valence-electron chi connectivity index (χ3n) is 5.44. The summed E-state index contributed by atoms with van der Waals surface area (Å²) in [6.45, 7) is 0. The Balaban J connectivity index is 1.43. The van der Waals surface area contributed by atoms with Crippen LogP contribution in [0.25, 0.3) is 0 Å². The van der Waals surface area contributed by atoms with Gasteiger partial charge < -0.3 is 10.2 Å². The second kappa shape index (κ2) is 11.2. The summed E-state index contributed by atoms with van der Waals surface area (Å²) >= 11 is 1.39. The van der Waals surface area contributed by atoms with Gasteiger partial charge in [-0.2, -0.15) is 5.26 Å².